The van der Waals surface area contributed by atoms with Crippen LogP contribution in [0.1, 0.15) is 9.67 Å². The molecular formula is C9H4Cl2N2O2S. The Bertz CT molecular complexity index is 530. The molecule has 0 N–H and O–H groups in total. The van der Waals surface area contributed by atoms with E-state index in [1.165, 1.54) is 12.4 Å². The van der Waals surface area contributed by atoms with Crippen molar-refractivity contribution in [3.05, 3.63) is 33.5 Å². The van der Waals surface area contributed by atoms with Crippen molar-refractivity contribution in [1.29, 1.82) is 0 Å². The molecule has 0 aliphatic heterocycles. The predicted molar refractivity (Wildman–Crippen MR) is 61.8 cm³/mol. The highest BCUT2D eigenvalue weighted by Gasteiger charge is 2.10. The number of ether oxygens (including phenoxy) is 1. The van der Waals surface area contributed by atoms with Crippen molar-refractivity contribution in [3.8, 4) is 10.9 Å². The van der Waals surface area contributed by atoms with Gasteiger partial charge in [-0.05, 0) is 0 Å². The minimum Gasteiger partial charge on any atom is -0.429 e. The molecule has 0 saturated carbocycles. The van der Waals surface area contributed by atoms with Gasteiger partial charge in [-0.25, -0.2) is 0 Å². The van der Waals surface area contributed by atoms with Crippen LogP contribution in [0.4, 0.5) is 0 Å². The van der Waals surface area contributed by atoms with Crippen LogP contribution in [-0.2, 0) is 0 Å². The Morgan fingerprint density at radius 2 is 2.19 bits per heavy atom. The first-order valence-corrected chi connectivity index (χ1v) is 5.66. The quantitative estimate of drug-likeness (QED) is 0.805. The number of halogens is 2. The Morgan fingerprint density at radius 1 is 1.38 bits per heavy atom. The third kappa shape index (κ3) is 2.49. The first-order valence-electron chi connectivity index (χ1n) is 4.09. The van der Waals surface area contributed by atoms with Gasteiger partial charge in [0.2, 0.25) is 0 Å². The molecule has 2 aromatic heterocycles. The van der Waals surface area contributed by atoms with Gasteiger partial charge < -0.3 is 4.74 Å². The van der Waals surface area contributed by atoms with E-state index in [2.05, 4.69) is 9.97 Å². The molecular weight excluding hydrogens is 271 g/mol. The van der Waals surface area contributed by atoms with Crippen molar-refractivity contribution in [1.82, 2.24) is 9.97 Å². The van der Waals surface area contributed by atoms with Crippen LogP contribution in [0.15, 0.2) is 18.5 Å². The lowest BCUT2D eigenvalue weighted by Crippen LogP contribution is -1.83. The second-order valence-electron chi connectivity index (χ2n) is 2.69. The van der Waals surface area contributed by atoms with Crippen molar-refractivity contribution in [2.24, 2.45) is 0 Å². The Hall–Kier alpha value is -1.17. The third-order valence-electron chi connectivity index (χ3n) is 1.58. The highest BCUT2D eigenvalue weighted by atomic mass is 35.5. The Morgan fingerprint density at radius 3 is 2.81 bits per heavy atom. The highest BCUT2D eigenvalue weighted by molar-refractivity contribution is 7.15. The van der Waals surface area contributed by atoms with Crippen LogP contribution < -0.4 is 4.74 Å². The maximum atomic E-state index is 10.5. The zero-order valence-electron chi connectivity index (χ0n) is 7.68. The number of nitrogens with zero attached hydrogens (tertiary/aromatic N) is 2. The summed E-state index contributed by atoms with van der Waals surface area (Å²) in [4.78, 5) is 18.6. The van der Waals surface area contributed by atoms with Gasteiger partial charge in [-0.2, -0.15) is 4.98 Å². The summed E-state index contributed by atoms with van der Waals surface area (Å²) in [5.74, 6) is 0.440. The van der Waals surface area contributed by atoms with E-state index in [1.807, 2.05) is 0 Å². The molecule has 0 aromatic carbocycles. The molecule has 0 aliphatic rings. The Kier molecular flexibility index (Phi) is 3.38. The van der Waals surface area contributed by atoms with Crippen LogP contribution >= 0.6 is 34.5 Å². The molecule has 0 aliphatic carbocycles. The average Bonchev–Trinajstić information content (AvgIpc) is 2.58. The van der Waals surface area contributed by atoms with E-state index in [0.29, 0.717) is 21.9 Å². The van der Waals surface area contributed by atoms with Gasteiger partial charge in [-0.1, -0.05) is 34.5 Å². The second kappa shape index (κ2) is 4.78. The van der Waals surface area contributed by atoms with Crippen LogP contribution in [0.3, 0.4) is 0 Å². The molecule has 0 atom stereocenters. The number of rotatable bonds is 3. The number of hydrogen-bond donors (Lipinski definition) is 0. The normalized spacial score (nSPS) is 10.1. The lowest BCUT2D eigenvalue weighted by atomic mass is 10.5. The van der Waals surface area contributed by atoms with E-state index < -0.39 is 0 Å². The summed E-state index contributed by atoms with van der Waals surface area (Å²) in [6, 6.07) is 1.59. The molecule has 2 aromatic rings. The molecule has 7 heteroatoms. The number of thiazole rings is 1. The molecule has 0 amide bonds. The van der Waals surface area contributed by atoms with Gasteiger partial charge >= 0.3 is 0 Å². The van der Waals surface area contributed by atoms with Crippen molar-refractivity contribution in [3.63, 3.8) is 0 Å². The molecule has 2 heterocycles. The molecule has 82 valence electrons. The predicted octanol–water partition coefficient (Wildman–Crippen LogP) is 3.45. The van der Waals surface area contributed by atoms with Crippen LogP contribution in [0.5, 0.6) is 10.9 Å². The van der Waals surface area contributed by atoms with Gasteiger partial charge in [-0.3, -0.25) is 9.78 Å². The van der Waals surface area contributed by atoms with E-state index in [4.69, 9.17) is 27.9 Å². The lowest BCUT2D eigenvalue weighted by molar-refractivity contribution is 0.112. The lowest BCUT2D eigenvalue weighted by Gasteiger charge is -1.99. The molecule has 0 radical (unpaired) electrons. The fourth-order valence-corrected chi connectivity index (χ4v) is 2.05. The summed E-state index contributed by atoms with van der Waals surface area (Å²) in [6.45, 7) is 0. The van der Waals surface area contributed by atoms with Gasteiger partial charge in [0.05, 0.1) is 11.2 Å². The largest absolute Gasteiger partial charge is 0.429 e. The SMILES string of the molecule is O=Cc1sc(Oc2cncc(Cl)c2)nc1Cl. The molecule has 0 fully saturated rings. The summed E-state index contributed by atoms with van der Waals surface area (Å²) >= 11 is 12.5. The van der Waals surface area contributed by atoms with Crippen LogP contribution in [0.25, 0.3) is 0 Å². The van der Waals surface area contributed by atoms with Gasteiger partial charge in [0, 0.05) is 12.3 Å². The van der Waals surface area contributed by atoms with Crippen molar-refractivity contribution in [2.75, 3.05) is 0 Å². The van der Waals surface area contributed by atoms with E-state index in [0.717, 1.165) is 11.3 Å². The van der Waals surface area contributed by atoms with E-state index in [-0.39, 0.29) is 10.3 Å². The fraction of sp³-hybridized carbons (Fsp3) is 0. The van der Waals surface area contributed by atoms with Gasteiger partial charge in [0.25, 0.3) is 5.19 Å². The summed E-state index contributed by atoms with van der Waals surface area (Å²) in [6.07, 6.45) is 3.60. The Balaban J connectivity index is 2.23. The first kappa shape index (κ1) is 11.3. The van der Waals surface area contributed by atoms with Gasteiger partial charge in [0.1, 0.15) is 10.6 Å². The minimum absolute atomic E-state index is 0.130. The van der Waals surface area contributed by atoms with Gasteiger partial charge in [0.15, 0.2) is 11.4 Å². The zero-order chi connectivity index (χ0) is 11.5. The van der Waals surface area contributed by atoms with E-state index in [9.17, 15) is 4.79 Å². The molecule has 0 spiro atoms. The monoisotopic (exact) mass is 274 g/mol. The second-order valence-corrected chi connectivity index (χ2v) is 4.48. The average molecular weight is 275 g/mol. The zero-order valence-corrected chi connectivity index (χ0v) is 10.0. The smallest absolute Gasteiger partial charge is 0.280 e. The van der Waals surface area contributed by atoms with Crippen LogP contribution in [-0.4, -0.2) is 16.3 Å². The highest BCUT2D eigenvalue weighted by Crippen LogP contribution is 2.31. The first-order chi connectivity index (χ1) is 7.69. The molecule has 0 saturated heterocycles. The maximum Gasteiger partial charge on any atom is 0.280 e. The number of carbonyl (C=O) groups excluding carboxylic acids is 1. The van der Waals surface area contributed by atoms with E-state index >= 15 is 0 Å². The van der Waals surface area contributed by atoms with E-state index in [1.54, 1.807) is 6.07 Å². The summed E-state index contributed by atoms with van der Waals surface area (Å²) in [7, 11) is 0. The van der Waals surface area contributed by atoms with Gasteiger partial charge in [-0.15, -0.1) is 0 Å². The molecule has 4 nitrogen and oxygen atoms in total. The number of carbonyl (C=O) groups is 1. The number of pyridine rings is 1. The van der Waals surface area contributed by atoms with Crippen LogP contribution in [0.2, 0.25) is 10.2 Å². The standard InChI is InChI=1S/C9H4Cl2N2O2S/c10-5-1-6(3-12-2-5)15-9-13-8(11)7(4-14)16-9/h1-4H. The van der Waals surface area contributed by atoms with Crippen molar-refractivity contribution < 1.29 is 9.53 Å². The minimum atomic E-state index is 0.130. The Labute approximate surface area is 105 Å². The number of aldehydes is 1. The molecule has 0 bridgehead atoms. The summed E-state index contributed by atoms with van der Waals surface area (Å²) < 4.78 is 5.34. The fourth-order valence-electron chi connectivity index (χ4n) is 0.960. The third-order valence-corrected chi connectivity index (χ3v) is 3.05. The molecule has 16 heavy (non-hydrogen) atoms. The number of aromatic nitrogens is 2. The van der Waals surface area contributed by atoms with Crippen LogP contribution in [0, 0.1) is 0 Å². The molecule has 0 unspecified atom stereocenters. The summed E-state index contributed by atoms with van der Waals surface area (Å²) in [5, 5.41) is 0.858. The topological polar surface area (TPSA) is 52.1 Å². The summed E-state index contributed by atoms with van der Waals surface area (Å²) in [5.41, 5.74) is 0. The van der Waals surface area contributed by atoms with Crippen molar-refractivity contribution in [2.45, 2.75) is 0 Å². The number of hydrogen-bond acceptors (Lipinski definition) is 5. The maximum absolute atomic E-state index is 10.5. The molecule has 2 rings (SSSR count). The van der Waals surface area contributed by atoms with Crippen molar-refractivity contribution >= 4 is 40.8 Å².